The van der Waals surface area contributed by atoms with Gasteiger partial charge >= 0.3 is 0 Å². The van der Waals surface area contributed by atoms with E-state index in [1.807, 2.05) is 35.7 Å². The highest BCUT2D eigenvalue weighted by molar-refractivity contribution is 8.00. The lowest BCUT2D eigenvalue weighted by molar-refractivity contribution is 0.102. The number of carbonyl (C=O) groups excluding carboxylic acids is 1. The second-order valence-electron chi connectivity index (χ2n) is 6.56. The second kappa shape index (κ2) is 8.49. The van der Waals surface area contributed by atoms with Crippen molar-refractivity contribution >= 4 is 44.8 Å². The zero-order chi connectivity index (χ0) is 22.0. The van der Waals surface area contributed by atoms with Gasteiger partial charge in [-0.1, -0.05) is 42.1 Å². The number of nitrogen functional groups attached to an aromatic ring is 1. The average molecular weight is 443 g/mol. The van der Waals surface area contributed by atoms with Gasteiger partial charge in [-0.05, 0) is 23.8 Å². The largest absolute Gasteiger partial charge is 0.508 e. The number of hydrogen-bond acceptors (Lipinski definition) is 8. The van der Waals surface area contributed by atoms with Crippen LogP contribution < -0.4 is 5.73 Å². The van der Waals surface area contributed by atoms with E-state index < -0.39 is 0 Å². The van der Waals surface area contributed by atoms with Crippen LogP contribution in [0.2, 0.25) is 0 Å². The summed E-state index contributed by atoms with van der Waals surface area (Å²) in [5, 5.41) is 32.3. The van der Waals surface area contributed by atoms with Crippen molar-refractivity contribution < 1.29 is 9.90 Å². The number of carbonyl (C=O) groups is 1. The van der Waals surface area contributed by atoms with Gasteiger partial charge < -0.3 is 10.8 Å². The van der Waals surface area contributed by atoms with Gasteiger partial charge in [0, 0.05) is 26.6 Å². The summed E-state index contributed by atoms with van der Waals surface area (Å²) in [7, 11) is 0. The molecule has 2 aromatic heterocycles. The summed E-state index contributed by atoms with van der Waals surface area (Å²) < 4.78 is 1.03. The number of ketones is 1. The molecule has 0 atom stereocenters. The molecule has 2 heterocycles. The molecule has 0 unspecified atom stereocenters. The number of rotatable bonds is 5. The molecule has 4 aromatic rings. The van der Waals surface area contributed by atoms with Crippen molar-refractivity contribution in [2.45, 2.75) is 5.03 Å². The fraction of sp³-hybridized carbons (Fsp3) is 0.0435. The van der Waals surface area contributed by atoms with E-state index in [0.717, 1.165) is 21.8 Å². The molecule has 0 amide bonds. The number of anilines is 1. The maximum atomic E-state index is 12.9. The minimum Gasteiger partial charge on any atom is -0.508 e. The van der Waals surface area contributed by atoms with Gasteiger partial charge in [0.15, 0.2) is 5.78 Å². The average Bonchev–Trinajstić information content (AvgIpc) is 3.21. The Morgan fingerprint density at radius 3 is 2.65 bits per heavy atom. The Morgan fingerprint density at radius 1 is 1.13 bits per heavy atom. The molecule has 0 saturated carbocycles. The molecule has 2 aromatic carbocycles. The second-order valence-corrected chi connectivity index (χ2v) is 8.43. The molecule has 0 aliphatic heterocycles. The number of thioether (sulfide) groups is 1. The highest BCUT2D eigenvalue weighted by Gasteiger charge is 2.22. The number of pyridine rings is 1. The van der Waals surface area contributed by atoms with Crippen LogP contribution in [0.3, 0.4) is 0 Å². The normalized spacial score (nSPS) is 10.5. The van der Waals surface area contributed by atoms with Gasteiger partial charge in [0.05, 0.1) is 11.3 Å². The van der Waals surface area contributed by atoms with E-state index in [-0.39, 0.29) is 39.3 Å². The van der Waals surface area contributed by atoms with Crippen LogP contribution in [-0.4, -0.2) is 21.6 Å². The summed E-state index contributed by atoms with van der Waals surface area (Å²) in [5.41, 5.74) is 7.60. The molecule has 0 spiro atoms. The highest BCUT2D eigenvalue weighted by atomic mass is 32.2. The van der Waals surface area contributed by atoms with Crippen molar-refractivity contribution in [3.63, 3.8) is 0 Å². The van der Waals surface area contributed by atoms with Crippen LogP contribution in [0.4, 0.5) is 5.82 Å². The molecule has 0 aliphatic rings. The maximum Gasteiger partial charge on any atom is 0.174 e. The van der Waals surface area contributed by atoms with Gasteiger partial charge in [0.25, 0.3) is 0 Å². The molecule has 0 aliphatic carbocycles. The van der Waals surface area contributed by atoms with E-state index in [1.165, 1.54) is 23.5 Å². The first-order valence-corrected chi connectivity index (χ1v) is 10.9. The van der Waals surface area contributed by atoms with Crippen molar-refractivity contribution in [2.75, 3.05) is 11.5 Å². The Labute approximate surface area is 186 Å². The topological polar surface area (TPSA) is 124 Å². The van der Waals surface area contributed by atoms with E-state index in [9.17, 15) is 20.4 Å². The van der Waals surface area contributed by atoms with E-state index in [2.05, 4.69) is 11.1 Å². The summed E-state index contributed by atoms with van der Waals surface area (Å²) in [6.07, 6.45) is 0. The van der Waals surface area contributed by atoms with Crippen molar-refractivity contribution in [2.24, 2.45) is 0 Å². The number of aromatic nitrogens is 1. The van der Waals surface area contributed by atoms with E-state index >= 15 is 0 Å². The SMILES string of the molecule is N#Cc1c(N)nc(SCC(=O)c2csc3ccccc23)c(C#N)c1-c1cccc(O)c1. The molecule has 8 heteroatoms. The van der Waals surface area contributed by atoms with Crippen molar-refractivity contribution in [3.05, 3.63) is 70.6 Å². The Morgan fingerprint density at radius 2 is 1.90 bits per heavy atom. The minimum absolute atomic E-state index is 0.00520. The number of aromatic hydroxyl groups is 1. The predicted molar refractivity (Wildman–Crippen MR) is 122 cm³/mol. The lowest BCUT2D eigenvalue weighted by atomic mass is 9.97. The fourth-order valence-electron chi connectivity index (χ4n) is 3.26. The number of thiophene rings is 1. The molecular formula is C23H14N4O2S2. The highest BCUT2D eigenvalue weighted by Crippen LogP contribution is 2.37. The third kappa shape index (κ3) is 3.82. The molecule has 0 bridgehead atoms. The Kier molecular flexibility index (Phi) is 5.59. The van der Waals surface area contributed by atoms with Gasteiger partial charge in [-0.2, -0.15) is 10.5 Å². The van der Waals surface area contributed by atoms with Gasteiger partial charge in [0.2, 0.25) is 0 Å². The first-order chi connectivity index (χ1) is 15.0. The summed E-state index contributed by atoms with van der Waals surface area (Å²) in [6, 6.07) is 18.0. The first kappa shape index (κ1) is 20.4. The summed E-state index contributed by atoms with van der Waals surface area (Å²) >= 11 is 2.60. The monoisotopic (exact) mass is 442 g/mol. The van der Waals surface area contributed by atoms with Crippen LogP contribution in [0.5, 0.6) is 5.75 Å². The quantitative estimate of drug-likeness (QED) is 0.330. The number of phenols is 1. The van der Waals surface area contributed by atoms with Crippen LogP contribution in [-0.2, 0) is 0 Å². The van der Waals surface area contributed by atoms with E-state index in [0.29, 0.717) is 16.7 Å². The predicted octanol–water partition coefficient (Wildman–Crippen LogP) is 4.97. The Balaban J connectivity index is 1.73. The van der Waals surface area contributed by atoms with Gasteiger partial charge in [-0.3, -0.25) is 4.79 Å². The molecule has 6 nitrogen and oxygen atoms in total. The first-order valence-electron chi connectivity index (χ1n) is 9.08. The number of Topliss-reactive ketones (excluding diaryl/α,β-unsaturated/α-hetero) is 1. The van der Waals surface area contributed by atoms with Crippen LogP contribution in [0.25, 0.3) is 21.2 Å². The summed E-state index contributed by atoms with van der Waals surface area (Å²) in [5.74, 6) is -0.0622. The standard InChI is InChI=1S/C23H14N4O2S2/c24-9-16-21(13-4-3-5-14(28)8-13)17(10-25)23(27-22(16)26)31-12-19(29)18-11-30-20-7-2-1-6-15(18)20/h1-8,11,28H,12H2,(H2,26,27). The molecule has 0 saturated heterocycles. The smallest absolute Gasteiger partial charge is 0.174 e. The Hall–Kier alpha value is -3.85. The molecule has 0 radical (unpaired) electrons. The van der Waals surface area contributed by atoms with Crippen LogP contribution in [0, 0.1) is 22.7 Å². The summed E-state index contributed by atoms with van der Waals surface area (Å²) in [6.45, 7) is 0. The van der Waals surface area contributed by atoms with E-state index in [1.54, 1.807) is 12.1 Å². The molecule has 0 fully saturated rings. The minimum atomic E-state index is -0.0880. The molecule has 150 valence electrons. The molecular weight excluding hydrogens is 428 g/mol. The van der Waals surface area contributed by atoms with Crippen molar-refractivity contribution in [3.8, 4) is 29.0 Å². The lowest BCUT2D eigenvalue weighted by Crippen LogP contribution is -2.06. The number of fused-ring (bicyclic) bond motifs is 1. The fourth-order valence-corrected chi connectivity index (χ4v) is 5.10. The van der Waals surface area contributed by atoms with Gasteiger partial charge in [0.1, 0.15) is 34.3 Å². The molecule has 4 rings (SSSR count). The Bertz CT molecular complexity index is 1410. The number of benzene rings is 2. The number of hydrogen-bond donors (Lipinski definition) is 2. The number of nitrogens with two attached hydrogens (primary N) is 1. The van der Waals surface area contributed by atoms with E-state index in [4.69, 9.17) is 5.73 Å². The lowest BCUT2D eigenvalue weighted by Gasteiger charge is -2.13. The van der Waals surface area contributed by atoms with Crippen LogP contribution >= 0.6 is 23.1 Å². The zero-order valence-corrected chi connectivity index (χ0v) is 17.6. The van der Waals surface area contributed by atoms with Crippen molar-refractivity contribution in [1.29, 1.82) is 10.5 Å². The maximum absolute atomic E-state index is 12.9. The number of nitrogens with zero attached hydrogens (tertiary/aromatic N) is 3. The third-order valence-electron chi connectivity index (χ3n) is 4.67. The molecule has 31 heavy (non-hydrogen) atoms. The third-order valence-corrected chi connectivity index (χ3v) is 6.61. The van der Waals surface area contributed by atoms with Gasteiger partial charge in [-0.25, -0.2) is 4.98 Å². The number of nitriles is 2. The molecule has 3 N–H and O–H groups in total. The van der Waals surface area contributed by atoms with Crippen LogP contribution in [0.15, 0.2) is 58.9 Å². The van der Waals surface area contributed by atoms with Gasteiger partial charge in [-0.15, -0.1) is 11.3 Å². The number of phenolic OH excluding ortho intramolecular Hbond substituents is 1. The van der Waals surface area contributed by atoms with Crippen LogP contribution in [0.1, 0.15) is 21.5 Å². The summed E-state index contributed by atoms with van der Waals surface area (Å²) in [4.78, 5) is 17.1. The van der Waals surface area contributed by atoms with Crippen molar-refractivity contribution in [1.82, 2.24) is 4.98 Å². The zero-order valence-electron chi connectivity index (χ0n) is 16.0.